The smallest absolute Gasteiger partial charge is 0.328 e. The average molecular weight is 490 g/mol. The molecule has 3 aromatic rings. The van der Waals surface area contributed by atoms with Crippen molar-refractivity contribution in [3.8, 4) is 0 Å². The topological polar surface area (TPSA) is 70.9 Å². The van der Waals surface area contributed by atoms with Gasteiger partial charge in [-0.15, -0.1) is 0 Å². The number of likely N-dealkylation sites (tertiary alicyclic amines) is 1. The first-order chi connectivity index (χ1) is 17.5. The molecule has 3 amide bonds. The van der Waals surface area contributed by atoms with Gasteiger partial charge >= 0.3 is 6.03 Å². The van der Waals surface area contributed by atoms with Crippen LogP contribution in [-0.4, -0.2) is 81.4 Å². The Morgan fingerprint density at radius 2 is 1.81 bits per heavy atom. The number of ether oxygens (including phenoxy) is 1. The minimum absolute atomic E-state index is 0.0691. The molecule has 2 aliphatic heterocycles. The number of benzene rings is 2. The fourth-order valence-electron chi connectivity index (χ4n) is 5.77. The van der Waals surface area contributed by atoms with Gasteiger partial charge in [0.05, 0.1) is 13.2 Å². The number of aromatic nitrogens is 2. The zero-order valence-corrected chi connectivity index (χ0v) is 21.2. The third-order valence-corrected chi connectivity index (χ3v) is 7.93. The second-order valence-corrected chi connectivity index (χ2v) is 9.93. The zero-order valence-electron chi connectivity index (χ0n) is 21.2. The van der Waals surface area contributed by atoms with Crippen molar-refractivity contribution in [3.05, 3.63) is 66.5 Å². The summed E-state index contributed by atoms with van der Waals surface area (Å²) in [6.07, 6.45) is 6.05. The summed E-state index contributed by atoms with van der Waals surface area (Å²) in [6, 6.07) is 16.3. The lowest BCUT2D eigenvalue weighted by molar-refractivity contribution is -0.136. The molecule has 0 aliphatic carbocycles. The van der Waals surface area contributed by atoms with Gasteiger partial charge in [0.1, 0.15) is 5.54 Å². The van der Waals surface area contributed by atoms with Gasteiger partial charge < -0.3 is 14.5 Å². The molecule has 1 spiro atoms. The molecule has 2 aliphatic rings. The first-order valence-corrected chi connectivity index (χ1v) is 12.8. The summed E-state index contributed by atoms with van der Waals surface area (Å²) < 4.78 is 7.27. The van der Waals surface area contributed by atoms with Gasteiger partial charge in [-0.05, 0) is 48.6 Å². The van der Waals surface area contributed by atoms with Crippen molar-refractivity contribution < 1.29 is 14.3 Å². The van der Waals surface area contributed by atoms with Crippen LogP contribution in [0.1, 0.15) is 31.7 Å². The Labute approximate surface area is 212 Å². The summed E-state index contributed by atoms with van der Waals surface area (Å²) in [5, 5.41) is 6.49. The summed E-state index contributed by atoms with van der Waals surface area (Å²) >= 11 is 0. The molecule has 190 valence electrons. The van der Waals surface area contributed by atoms with E-state index < -0.39 is 5.54 Å². The molecule has 0 N–H and O–H groups in total. The quantitative estimate of drug-likeness (QED) is 0.428. The van der Waals surface area contributed by atoms with Crippen LogP contribution in [0, 0.1) is 0 Å². The van der Waals surface area contributed by atoms with E-state index in [-0.39, 0.29) is 18.5 Å². The lowest BCUT2D eigenvalue weighted by Crippen LogP contribution is -2.58. The zero-order chi connectivity index (χ0) is 25.1. The maximum Gasteiger partial charge on any atom is 0.328 e. The highest BCUT2D eigenvalue weighted by molar-refractivity contribution is 6.07. The number of carbonyl (C=O) groups excluding carboxylic acids is 2. The van der Waals surface area contributed by atoms with Crippen LogP contribution in [0.5, 0.6) is 0 Å². The fraction of sp³-hybridized carbons (Fsp3) is 0.464. The fourth-order valence-corrected chi connectivity index (χ4v) is 5.77. The molecule has 1 aromatic heterocycles. The van der Waals surface area contributed by atoms with Crippen LogP contribution in [0.15, 0.2) is 60.9 Å². The molecule has 8 nitrogen and oxygen atoms in total. The van der Waals surface area contributed by atoms with Gasteiger partial charge in [-0.3, -0.25) is 14.4 Å². The van der Waals surface area contributed by atoms with Crippen LogP contribution in [0.2, 0.25) is 0 Å². The van der Waals surface area contributed by atoms with Gasteiger partial charge in [0.2, 0.25) is 0 Å². The van der Waals surface area contributed by atoms with Gasteiger partial charge in [-0.2, -0.15) is 5.10 Å². The van der Waals surface area contributed by atoms with Crippen molar-refractivity contribution in [2.24, 2.45) is 0 Å². The normalized spacial score (nSPS) is 19.1. The Hall–Kier alpha value is -3.23. The van der Waals surface area contributed by atoms with E-state index in [1.165, 1.54) is 4.90 Å². The van der Waals surface area contributed by atoms with Gasteiger partial charge in [-0.25, -0.2) is 4.79 Å². The molecule has 36 heavy (non-hydrogen) atoms. The number of hydrogen-bond acceptors (Lipinski definition) is 5. The molecule has 8 heteroatoms. The minimum Gasteiger partial charge on any atom is -0.383 e. The van der Waals surface area contributed by atoms with Crippen molar-refractivity contribution in [1.29, 1.82) is 0 Å². The summed E-state index contributed by atoms with van der Waals surface area (Å²) in [4.78, 5) is 33.3. The van der Waals surface area contributed by atoms with Crippen LogP contribution >= 0.6 is 0 Å². The van der Waals surface area contributed by atoms with E-state index in [9.17, 15) is 9.59 Å². The van der Waals surface area contributed by atoms with Crippen LogP contribution in [0.25, 0.3) is 10.8 Å². The number of carbonyl (C=O) groups is 2. The van der Waals surface area contributed by atoms with Crippen molar-refractivity contribution in [2.75, 3.05) is 33.4 Å². The summed E-state index contributed by atoms with van der Waals surface area (Å²) in [7, 11) is 1.63. The maximum absolute atomic E-state index is 14.0. The van der Waals surface area contributed by atoms with Gasteiger partial charge in [0.15, 0.2) is 0 Å². The molecule has 2 fully saturated rings. The summed E-state index contributed by atoms with van der Waals surface area (Å²) in [6.45, 7) is 5.78. The van der Waals surface area contributed by atoms with Crippen molar-refractivity contribution >= 4 is 22.7 Å². The standard InChI is InChI=1S/C28H35N5O3/c1-22(11-16-31-15-6-14-29-31)30-17-12-28(13-18-30)26(34)32(27(35)33(28)19-20-36-2)21-24-9-5-8-23-7-3-4-10-25(23)24/h3-10,14-15,22H,11-13,16-21H2,1-2H3/t22-/m1/s1. The monoisotopic (exact) mass is 489 g/mol. The number of urea groups is 1. The molecule has 0 radical (unpaired) electrons. The SMILES string of the molecule is COCCN1C(=O)N(Cc2cccc3ccccc23)C(=O)C12CCN([C@H](C)CCn1cccn1)CC2. The van der Waals surface area contributed by atoms with Gasteiger partial charge in [0.25, 0.3) is 5.91 Å². The lowest BCUT2D eigenvalue weighted by atomic mass is 9.85. The molecule has 0 saturated carbocycles. The summed E-state index contributed by atoms with van der Waals surface area (Å²) in [5.74, 6) is -0.0691. The number of rotatable bonds is 9. The largest absolute Gasteiger partial charge is 0.383 e. The Balaban J connectivity index is 1.33. The Morgan fingerprint density at radius 1 is 1.03 bits per heavy atom. The first-order valence-electron chi connectivity index (χ1n) is 12.8. The highest BCUT2D eigenvalue weighted by Gasteiger charge is 2.57. The lowest BCUT2D eigenvalue weighted by Gasteiger charge is -2.44. The van der Waals surface area contributed by atoms with E-state index in [0.29, 0.717) is 32.0 Å². The molecule has 5 rings (SSSR count). The molecule has 2 aromatic carbocycles. The number of imide groups is 1. The molecule has 2 saturated heterocycles. The van der Waals surface area contributed by atoms with Gasteiger partial charge in [0, 0.05) is 51.7 Å². The maximum atomic E-state index is 14.0. The van der Waals surface area contributed by atoms with Crippen LogP contribution in [0.3, 0.4) is 0 Å². The predicted octanol–water partition coefficient (Wildman–Crippen LogP) is 3.76. The van der Waals surface area contributed by atoms with E-state index in [0.717, 1.165) is 42.4 Å². The molecule has 1 atom stereocenters. The number of hydrogen-bond donors (Lipinski definition) is 0. The third-order valence-electron chi connectivity index (χ3n) is 7.93. The minimum atomic E-state index is -0.793. The Bertz CT molecular complexity index is 1200. The predicted molar refractivity (Wildman–Crippen MR) is 138 cm³/mol. The second-order valence-electron chi connectivity index (χ2n) is 9.93. The highest BCUT2D eigenvalue weighted by Crippen LogP contribution is 2.39. The van der Waals surface area contributed by atoms with E-state index in [4.69, 9.17) is 4.74 Å². The first kappa shape index (κ1) is 24.5. The molecular weight excluding hydrogens is 454 g/mol. The van der Waals surface area contributed by atoms with E-state index in [1.807, 2.05) is 41.2 Å². The number of fused-ring (bicyclic) bond motifs is 1. The summed E-state index contributed by atoms with van der Waals surface area (Å²) in [5.41, 5.74) is 0.196. The van der Waals surface area contributed by atoms with Crippen molar-refractivity contribution in [1.82, 2.24) is 24.5 Å². The van der Waals surface area contributed by atoms with Crippen LogP contribution in [0.4, 0.5) is 4.79 Å². The molecular formula is C28H35N5O3. The average Bonchev–Trinajstić information content (AvgIpc) is 3.49. The molecule has 0 bridgehead atoms. The number of piperidine rings is 1. The van der Waals surface area contributed by atoms with Crippen molar-refractivity contribution in [3.63, 3.8) is 0 Å². The third kappa shape index (κ3) is 4.51. The number of amides is 3. The number of aryl methyl sites for hydroxylation is 1. The van der Waals surface area contributed by atoms with Crippen LogP contribution < -0.4 is 0 Å². The Morgan fingerprint density at radius 3 is 2.56 bits per heavy atom. The second kappa shape index (κ2) is 10.4. The number of methoxy groups -OCH3 is 1. The van der Waals surface area contributed by atoms with E-state index in [1.54, 1.807) is 18.2 Å². The number of nitrogens with zero attached hydrogens (tertiary/aromatic N) is 5. The van der Waals surface area contributed by atoms with E-state index >= 15 is 0 Å². The molecule has 3 heterocycles. The molecule has 0 unspecified atom stereocenters. The van der Waals surface area contributed by atoms with Gasteiger partial charge in [-0.1, -0.05) is 42.5 Å². The van der Waals surface area contributed by atoms with E-state index in [2.05, 4.69) is 35.1 Å². The highest BCUT2D eigenvalue weighted by atomic mass is 16.5. The van der Waals surface area contributed by atoms with Crippen molar-refractivity contribution in [2.45, 2.75) is 50.9 Å². The van der Waals surface area contributed by atoms with Crippen LogP contribution in [-0.2, 0) is 22.6 Å². The Kier molecular flexibility index (Phi) is 7.07.